The zero-order valence-corrected chi connectivity index (χ0v) is 23.5. The molecule has 1 amide bonds. The van der Waals surface area contributed by atoms with Crippen molar-refractivity contribution >= 4 is 23.6 Å². The molecule has 6 nitrogen and oxygen atoms in total. The van der Waals surface area contributed by atoms with Gasteiger partial charge in [0.2, 0.25) is 5.91 Å². The molecule has 0 saturated heterocycles. The summed E-state index contributed by atoms with van der Waals surface area (Å²) in [5.74, 6) is -0.187. The van der Waals surface area contributed by atoms with Gasteiger partial charge in [-0.05, 0) is 17.5 Å². The molecule has 0 spiro atoms. The van der Waals surface area contributed by atoms with Crippen molar-refractivity contribution in [2.75, 3.05) is 18.1 Å². The molecule has 0 heterocycles. The Morgan fingerprint density at radius 3 is 1.87 bits per heavy atom. The van der Waals surface area contributed by atoms with Gasteiger partial charge in [0.25, 0.3) is 0 Å². The average molecular weight is 544 g/mol. The summed E-state index contributed by atoms with van der Waals surface area (Å²) in [6, 6.07) is 18.2. The van der Waals surface area contributed by atoms with Crippen LogP contribution in [0.4, 0.5) is 0 Å². The first-order chi connectivity index (χ1) is 18.5. The summed E-state index contributed by atoms with van der Waals surface area (Å²) in [6.45, 7) is 1.87. The second kappa shape index (κ2) is 19.7. The smallest absolute Gasteiger partial charge is 0.330 e. The Labute approximate surface area is 232 Å². The molecular weight excluding hydrogens is 498 g/mol. The van der Waals surface area contributed by atoms with E-state index in [0.717, 1.165) is 30.4 Å². The lowest BCUT2D eigenvalue weighted by molar-refractivity contribution is -0.151. The minimum atomic E-state index is -0.879. The summed E-state index contributed by atoms with van der Waals surface area (Å²) in [7, 11) is 0. The van der Waals surface area contributed by atoms with E-state index in [1.54, 1.807) is 0 Å². The van der Waals surface area contributed by atoms with Crippen LogP contribution in [0.2, 0.25) is 0 Å². The zero-order valence-electron chi connectivity index (χ0n) is 22.7. The Kier molecular flexibility index (Phi) is 16.5. The summed E-state index contributed by atoms with van der Waals surface area (Å²) in [5, 5.41) is 21.7. The molecule has 38 heavy (non-hydrogen) atoms. The normalized spacial score (nSPS) is 12.7. The number of amides is 1. The van der Waals surface area contributed by atoms with Gasteiger partial charge in [0.1, 0.15) is 6.04 Å². The number of benzene rings is 2. The molecule has 2 aromatic rings. The number of carbonyl (C=O) groups excluding carboxylic acids is 2. The van der Waals surface area contributed by atoms with Crippen LogP contribution in [-0.2, 0) is 14.3 Å². The highest BCUT2D eigenvalue weighted by Gasteiger charge is 2.27. The van der Waals surface area contributed by atoms with Gasteiger partial charge < -0.3 is 20.3 Å². The van der Waals surface area contributed by atoms with Crippen LogP contribution in [0, 0.1) is 0 Å². The molecule has 2 atom stereocenters. The Morgan fingerprint density at radius 2 is 1.34 bits per heavy atom. The fourth-order valence-electron chi connectivity index (χ4n) is 4.19. The van der Waals surface area contributed by atoms with Crippen LogP contribution in [0.5, 0.6) is 0 Å². The van der Waals surface area contributed by atoms with Gasteiger partial charge >= 0.3 is 5.97 Å². The predicted octanol–water partition coefficient (Wildman–Crippen LogP) is 5.81. The Balaban J connectivity index is 1.94. The van der Waals surface area contributed by atoms with E-state index in [1.165, 1.54) is 50.3 Å². The van der Waals surface area contributed by atoms with Crippen molar-refractivity contribution in [1.29, 1.82) is 0 Å². The lowest BCUT2D eigenvalue weighted by atomic mass is 10.0. The van der Waals surface area contributed by atoms with E-state index in [0.29, 0.717) is 6.42 Å². The van der Waals surface area contributed by atoms with Crippen LogP contribution in [0.15, 0.2) is 60.7 Å². The number of aliphatic hydroxyl groups is 2. The second-order valence-electron chi connectivity index (χ2n) is 9.71. The van der Waals surface area contributed by atoms with Gasteiger partial charge in [0.15, 0.2) is 6.10 Å². The zero-order chi connectivity index (χ0) is 27.4. The summed E-state index contributed by atoms with van der Waals surface area (Å²) >= 11 is 1.30. The van der Waals surface area contributed by atoms with Gasteiger partial charge in [-0.25, -0.2) is 4.79 Å². The largest absolute Gasteiger partial charge is 0.451 e. The first-order valence-electron chi connectivity index (χ1n) is 14.0. The summed E-state index contributed by atoms with van der Waals surface area (Å²) in [5.41, 5.74) is 1.69. The van der Waals surface area contributed by atoms with E-state index in [4.69, 9.17) is 9.84 Å². The van der Waals surface area contributed by atoms with Crippen LogP contribution >= 0.6 is 11.8 Å². The fraction of sp³-hybridized carbons (Fsp3) is 0.548. The molecule has 2 aromatic carbocycles. The van der Waals surface area contributed by atoms with Gasteiger partial charge in [-0.15, -0.1) is 0 Å². The van der Waals surface area contributed by atoms with Crippen LogP contribution in [0.3, 0.4) is 0 Å². The lowest BCUT2D eigenvalue weighted by Gasteiger charge is -2.23. The predicted molar refractivity (Wildman–Crippen MR) is 155 cm³/mol. The van der Waals surface area contributed by atoms with Gasteiger partial charge in [0.05, 0.1) is 12.7 Å². The minimum Gasteiger partial charge on any atom is -0.451 e. The summed E-state index contributed by atoms with van der Waals surface area (Å²) < 4.78 is 5.99. The van der Waals surface area contributed by atoms with Crippen LogP contribution < -0.4 is 5.32 Å². The Hall–Kier alpha value is -2.35. The van der Waals surface area contributed by atoms with E-state index in [2.05, 4.69) is 12.2 Å². The number of hydrogen-bond donors (Lipinski definition) is 3. The first kappa shape index (κ1) is 31.9. The molecule has 0 fully saturated rings. The molecule has 210 valence electrons. The number of thioether (sulfide) groups is 1. The number of carbonyl (C=O) groups is 2. The molecule has 3 N–H and O–H groups in total. The van der Waals surface area contributed by atoms with Crippen molar-refractivity contribution in [2.24, 2.45) is 0 Å². The fourth-order valence-corrected chi connectivity index (χ4v) is 5.16. The molecular formula is C31H45NO5S. The maximum Gasteiger partial charge on any atom is 0.330 e. The van der Waals surface area contributed by atoms with Crippen molar-refractivity contribution in [2.45, 2.75) is 89.4 Å². The first-order valence-corrected chi connectivity index (χ1v) is 15.2. The van der Waals surface area contributed by atoms with Gasteiger partial charge in [-0.3, -0.25) is 4.79 Å². The molecule has 7 heteroatoms. The Morgan fingerprint density at radius 1 is 0.816 bits per heavy atom. The van der Waals surface area contributed by atoms with Crippen molar-refractivity contribution < 1.29 is 24.5 Å². The number of rotatable bonds is 20. The van der Waals surface area contributed by atoms with E-state index in [1.807, 2.05) is 60.7 Å². The Bertz CT molecular complexity index is 856. The maximum atomic E-state index is 13.3. The van der Waals surface area contributed by atoms with Crippen LogP contribution in [0.25, 0.3) is 0 Å². The molecule has 0 unspecified atom stereocenters. The van der Waals surface area contributed by atoms with Gasteiger partial charge in [-0.1, -0.05) is 119 Å². The number of hydrogen-bond acceptors (Lipinski definition) is 6. The highest BCUT2D eigenvalue weighted by atomic mass is 32.2. The van der Waals surface area contributed by atoms with E-state index in [-0.39, 0.29) is 24.0 Å². The van der Waals surface area contributed by atoms with Crippen LogP contribution in [0.1, 0.15) is 88.4 Å². The minimum absolute atomic E-state index is 0.172. The number of ether oxygens (including phenoxy) is 1. The van der Waals surface area contributed by atoms with Gasteiger partial charge in [0, 0.05) is 17.9 Å². The van der Waals surface area contributed by atoms with E-state index >= 15 is 0 Å². The molecule has 0 radical (unpaired) electrons. The number of esters is 1. The molecule has 0 saturated carbocycles. The molecule has 0 aliphatic heterocycles. The maximum absolute atomic E-state index is 13.3. The van der Waals surface area contributed by atoms with Crippen molar-refractivity contribution in [1.82, 2.24) is 5.32 Å². The number of aliphatic hydroxyl groups excluding tert-OH is 2. The molecule has 0 aliphatic carbocycles. The third kappa shape index (κ3) is 12.9. The van der Waals surface area contributed by atoms with Crippen LogP contribution in [-0.4, -0.2) is 52.3 Å². The summed E-state index contributed by atoms with van der Waals surface area (Å²) in [6.07, 6.45) is 9.39. The van der Waals surface area contributed by atoms with E-state index in [9.17, 15) is 14.7 Å². The standard InChI is InChI=1S/C31H45NO5S/c1-2-3-4-5-6-7-8-9-16-21-29(35)32-28(24-38-23-27(34)22-33)31(36)37-30(25-17-12-10-13-18-25)26-19-14-11-15-20-26/h10-15,17-20,27-28,30,33-34H,2-9,16,21-24H2,1H3,(H,32,35)/t27-,28-/m1/s1. The SMILES string of the molecule is CCCCCCCCCCCC(=O)N[C@H](CSC[C@H](O)CO)C(=O)OC(c1ccccc1)c1ccccc1. The highest BCUT2D eigenvalue weighted by molar-refractivity contribution is 7.99. The molecule has 2 rings (SSSR count). The summed E-state index contributed by atoms with van der Waals surface area (Å²) in [4.78, 5) is 26.1. The van der Waals surface area contributed by atoms with Crippen molar-refractivity contribution in [3.63, 3.8) is 0 Å². The topological polar surface area (TPSA) is 95.9 Å². The van der Waals surface area contributed by atoms with Crippen molar-refractivity contribution in [3.05, 3.63) is 71.8 Å². The number of unbranched alkanes of at least 4 members (excludes halogenated alkanes) is 8. The second-order valence-corrected chi connectivity index (χ2v) is 10.8. The highest BCUT2D eigenvalue weighted by Crippen LogP contribution is 2.26. The lowest BCUT2D eigenvalue weighted by Crippen LogP contribution is -2.44. The molecule has 0 aromatic heterocycles. The third-order valence-corrected chi connectivity index (χ3v) is 7.56. The number of nitrogens with one attached hydrogen (secondary N) is 1. The monoisotopic (exact) mass is 543 g/mol. The average Bonchev–Trinajstić information content (AvgIpc) is 2.95. The molecule has 0 bridgehead atoms. The quantitative estimate of drug-likeness (QED) is 0.144. The van der Waals surface area contributed by atoms with Gasteiger partial charge in [-0.2, -0.15) is 11.8 Å². The third-order valence-electron chi connectivity index (χ3n) is 6.37. The molecule has 0 aliphatic rings. The van der Waals surface area contributed by atoms with Crippen molar-refractivity contribution in [3.8, 4) is 0 Å². The van der Waals surface area contributed by atoms with E-state index < -0.39 is 24.2 Å².